The molecule has 1 aromatic heterocycles. The van der Waals surface area contributed by atoms with Gasteiger partial charge >= 0.3 is 0 Å². The highest BCUT2D eigenvalue weighted by Crippen LogP contribution is 2.27. The van der Waals surface area contributed by atoms with Gasteiger partial charge in [0.1, 0.15) is 5.69 Å². The van der Waals surface area contributed by atoms with Crippen molar-refractivity contribution in [2.24, 2.45) is 5.10 Å². The molecule has 0 aliphatic carbocycles. The third-order valence-electron chi connectivity index (χ3n) is 4.03. The van der Waals surface area contributed by atoms with E-state index in [4.69, 9.17) is 9.47 Å². The van der Waals surface area contributed by atoms with Gasteiger partial charge in [0, 0.05) is 12.6 Å². The summed E-state index contributed by atoms with van der Waals surface area (Å²) in [4.78, 5) is 14.9. The predicted octanol–water partition coefficient (Wildman–Crippen LogP) is 3.14. The Labute approximate surface area is 159 Å². The number of aromatic nitrogens is 3. The fourth-order valence-electron chi connectivity index (χ4n) is 2.54. The summed E-state index contributed by atoms with van der Waals surface area (Å²) in [7, 11) is 3.14. The van der Waals surface area contributed by atoms with Crippen molar-refractivity contribution in [2.75, 3.05) is 19.6 Å². The van der Waals surface area contributed by atoms with Crippen molar-refractivity contribution in [1.82, 2.24) is 15.2 Å². The second kappa shape index (κ2) is 10.9. The van der Waals surface area contributed by atoms with E-state index in [2.05, 4.69) is 32.6 Å². The molecule has 0 spiro atoms. The first-order chi connectivity index (χ1) is 13.2. The smallest absolute Gasteiger partial charge is 0.274 e. The Balaban J connectivity index is 1.94. The molecular formula is C19H27N5O3. The van der Waals surface area contributed by atoms with Gasteiger partial charge in [-0.05, 0) is 30.5 Å². The maximum atomic E-state index is 12.2. The summed E-state index contributed by atoms with van der Waals surface area (Å²) in [6, 6.07) is 5.47. The van der Waals surface area contributed by atoms with E-state index in [9.17, 15) is 4.79 Å². The average molecular weight is 373 g/mol. The van der Waals surface area contributed by atoms with Gasteiger partial charge in [-0.3, -0.25) is 9.78 Å². The van der Waals surface area contributed by atoms with E-state index in [0.717, 1.165) is 18.4 Å². The van der Waals surface area contributed by atoms with Gasteiger partial charge in [0.2, 0.25) is 5.95 Å². The molecule has 2 N–H and O–H groups in total. The number of aromatic amines is 1. The third-order valence-corrected chi connectivity index (χ3v) is 4.03. The number of ether oxygens (including phenoxy) is 2. The zero-order valence-corrected chi connectivity index (χ0v) is 16.1. The highest BCUT2D eigenvalue weighted by molar-refractivity contribution is 5.58. The van der Waals surface area contributed by atoms with Crippen LogP contribution in [0.4, 0.5) is 5.95 Å². The van der Waals surface area contributed by atoms with E-state index >= 15 is 0 Å². The van der Waals surface area contributed by atoms with Gasteiger partial charge in [-0.2, -0.15) is 5.10 Å². The number of methoxy groups -OCH3 is 2. The van der Waals surface area contributed by atoms with E-state index in [1.807, 2.05) is 12.1 Å². The molecule has 0 saturated carbocycles. The molecule has 1 heterocycles. The Hall–Kier alpha value is -2.90. The first kappa shape index (κ1) is 20.4. The minimum atomic E-state index is -0.305. The number of hydrogen-bond donors (Lipinski definition) is 2. The number of H-pyrrole nitrogens is 1. The normalized spacial score (nSPS) is 10.9. The van der Waals surface area contributed by atoms with Gasteiger partial charge in [-0.15, -0.1) is 10.2 Å². The number of rotatable bonds is 11. The summed E-state index contributed by atoms with van der Waals surface area (Å²) < 4.78 is 10.5. The summed E-state index contributed by atoms with van der Waals surface area (Å²) in [6.07, 6.45) is 7.76. The number of anilines is 1. The second-order valence-electron chi connectivity index (χ2n) is 6.09. The van der Waals surface area contributed by atoms with Gasteiger partial charge in [0.15, 0.2) is 11.5 Å². The molecule has 0 radical (unpaired) electrons. The molecule has 1 aromatic carbocycles. The summed E-state index contributed by atoms with van der Waals surface area (Å²) in [5, 5.41) is 12.0. The van der Waals surface area contributed by atoms with Crippen molar-refractivity contribution in [3.05, 3.63) is 39.8 Å². The van der Waals surface area contributed by atoms with Crippen LogP contribution >= 0.6 is 0 Å². The molecule has 0 amide bonds. The zero-order valence-electron chi connectivity index (χ0n) is 16.1. The number of nitrogens with one attached hydrogen (secondary N) is 2. The molecule has 0 saturated heterocycles. The van der Waals surface area contributed by atoms with Crippen LogP contribution in [-0.4, -0.2) is 35.6 Å². The molecule has 0 bridgehead atoms. The lowest BCUT2D eigenvalue weighted by Crippen LogP contribution is -2.18. The van der Waals surface area contributed by atoms with Gasteiger partial charge in [0.25, 0.3) is 5.56 Å². The highest BCUT2D eigenvalue weighted by Gasteiger charge is 2.09. The van der Waals surface area contributed by atoms with Crippen LogP contribution in [0.5, 0.6) is 11.5 Å². The lowest BCUT2D eigenvalue weighted by Gasteiger charge is -2.09. The molecule has 8 heteroatoms. The molecule has 0 aliphatic rings. The molecule has 2 aromatic rings. The second-order valence-corrected chi connectivity index (χ2v) is 6.09. The number of benzene rings is 1. The third kappa shape index (κ3) is 6.40. The topological polar surface area (TPSA) is 101 Å². The molecule has 0 unspecified atom stereocenters. The fraction of sp³-hybridized carbons (Fsp3) is 0.474. The summed E-state index contributed by atoms with van der Waals surface area (Å²) in [5.41, 5.74) is 3.59. The molecule has 146 valence electrons. The van der Waals surface area contributed by atoms with Crippen LogP contribution in [0.2, 0.25) is 0 Å². The molecule has 0 fully saturated rings. The first-order valence-electron chi connectivity index (χ1n) is 9.12. The van der Waals surface area contributed by atoms with Crippen molar-refractivity contribution >= 4 is 12.2 Å². The van der Waals surface area contributed by atoms with Crippen LogP contribution in [-0.2, 0) is 6.42 Å². The van der Waals surface area contributed by atoms with Crippen LogP contribution in [0.3, 0.4) is 0 Å². The number of unbranched alkanes of at least 4 members (excludes halogenated alkanes) is 4. The van der Waals surface area contributed by atoms with Crippen LogP contribution in [0, 0.1) is 0 Å². The van der Waals surface area contributed by atoms with Crippen molar-refractivity contribution in [1.29, 1.82) is 0 Å². The average Bonchev–Trinajstić information content (AvgIpc) is 2.69. The number of hydrogen-bond acceptors (Lipinski definition) is 7. The largest absolute Gasteiger partial charge is 0.493 e. The lowest BCUT2D eigenvalue weighted by molar-refractivity contribution is 0.354. The lowest BCUT2D eigenvalue weighted by atomic mass is 10.1. The molecule has 8 nitrogen and oxygen atoms in total. The van der Waals surface area contributed by atoms with Crippen LogP contribution < -0.4 is 20.5 Å². The van der Waals surface area contributed by atoms with Crippen LogP contribution in [0.25, 0.3) is 0 Å². The number of hydrazone groups is 1. The Kier molecular flexibility index (Phi) is 8.28. The minimum absolute atomic E-state index is 0.223. The van der Waals surface area contributed by atoms with E-state index in [1.165, 1.54) is 19.3 Å². The summed E-state index contributed by atoms with van der Waals surface area (Å²) in [6.45, 7) is 2.18. The summed E-state index contributed by atoms with van der Waals surface area (Å²) in [5.74, 6) is 1.46. The monoisotopic (exact) mass is 373 g/mol. The van der Waals surface area contributed by atoms with Gasteiger partial charge in [-0.1, -0.05) is 32.3 Å². The van der Waals surface area contributed by atoms with Crippen molar-refractivity contribution in [3.63, 3.8) is 0 Å². The van der Waals surface area contributed by atoms with Gasteiger partial charge in [0.05, 0.1) is 14.2 Å². The Bertz CT molecular complexity index is 804. The van der Waals surface area contributed by atoms with E-state index in [0.29, 0.717) is 23.6 Å². The Morgan fingerprint density at radius 3 is 2.67 bits per heavy atom. The minimum Gasteiger partial charge on any atom is -0.493 e. The van der Waals surface area contributed by atoms with Crippen LogP contribution in [0.1, 0.15) is 50.3 Å². The Morgan fingerprint density at radius 2 is 1.96 bits per heavy atom. The highest BCUT2D eigenvalue weighted by atomic mass is 16.5. The number of nitrogens with zero attached hydrogens (tertiary/aromatic N) is 3. The van der Waals surface area contributed by atoms with Crippen LogP contribution in [0.15, 0.2) is 28.1 Å². The molecule has 0 aliphatic heterocycles. The van der Waals surface area contributed by atoms with Gasteiger partial charge in [-0.25, -0.2) is 5.43 Å². The van der Waals surface area contributed by atoms with Crippen molar-refractivity contribution < 1.29 is 9.47 Å². The predicted molar refractivity (Wildman–Crippen MR) is 106 cm³/mol. The summed E-state index contributed by atoms with van der Waals surface area (Å²) >= 11 is 0. The molecule has 27 heavy (non-hydrogen) atoms. The molecule has 0 atom stereocenters. The zero-order chi connectivity index (χ0) is 19.5. The van der Waals surface area contributed by atoms with E-state index in [1.54, 1.807) is 26.5 Å². The van der Waals surface area contributed by atoms with E-state index < -0.39 is 0 Å². The van der Waals surface area contributed by atoms with E-state index in [-0.39, 0.29) is 11.5 Å². The molecular weight excluding hydrogens is 346 g/mol. The SMILES string of the molecule is CCCCCC/C=N\Nc1nnc(Cc2ccc(OC)c(OC)c2)c(=O)[nH]1. The maximum absolute atomic E-state index is 12.2. The maximum Gasteiger partial charge on any atom is 0.274 e. The quantitative estimate of drug-likeness (QED) is 0.356. The first-order valence-corrected chi connectivity index (χ1v) is 9.12. The van der Waals surface area contributed by atoms with Crippen molar-refractivity contribution in [3.8, 4) is 11.5 Å². The fourth-order valence-corrected chi connectivity index (χ4v) is 2.54. The standard InChI is InChI=1S/C19H27N5O3/c1-4-5-6-7-8-11-20-23-19-21-18(25)15(22-24-19)12-14-9-10-16(26-2)17(13-14)27-3/h9-11,13H,4-8,12H2,1-3H3,(H2,21,23,24,25)/b20-11-. The molecule has 2 rings (SSSR count). The van der Waals surface area contributed by atoms with Gasteiger partial charge < -0.3 is 9.47 Å². The van der Waals surface area contributed by atoms with Crippen molar-refractivity contribution in [2.45, 2.75) is 45.4 Å². The Morgan fingerprint density at radius 1 is 1.15 bits per heavy atom.